The third-order valence-electron chi connectivity index (χ3n) is 4.59. The van der Waals surface area contributed by atoms with Crippen molar-refractivity contribution in [3.8, 4) is 5.69 Å². The van der Waals surface area contributed by atoms with Crippen LogP contribution in [0.2, 0.25) is 5.02 Å². The van der Waals surface area contributed by atoms with E-state index in [1.54, 1.807) is 42.1 Å². The van der Waals surface area contributed by atoms with E-state index in [0.717, 1.165) is 22.7 Å². The molecule has 1 unspecified atom stereocenters. The zero-order valence-corrected chi connectivity index (χ0v) is 19.2. The van der Waals surface area contributed by atoms with Gasteiger partial charge in [-0.1, -0.05) is 41.6 Å². The van der Waals surface area contributed by atoms with Gasteiger partial charge in [0.2, 0.25) is 11.8 Å². The molecule has 0 spiro atoms. The Morgan fingerprint density at radius 1 is 1.21 bits per heavy atom. The smallest absolute Gasteiger partial charge is 0.335 e. The second kappa shape index (κ2) is 10.3. The number of benzene rings is 2. The van der Waals surface area contributed by atoms with E-state index in [0.29, 0.717) is 10.2 Å². The molecule has 0 fully saturated rings. The second-order valence-electron chi connectivity index (χ2n) is 7.11. The Kier molecular flexibility index (Phi) is 7.70. The molecule has 0 saturated heterocycles. The van der Waals surface area contributed by atoms with Crippen molar-refractivity contribution in [2.75, 3.05) is 18.9 Å². The lowest BCUT2D eigenvalue weighted by atomic mass is 10.1. The number of anilines is 1. The van der Waals surface area contributed by atoms with Crippen molar-refractivity contribution in [3.05, 3.63) is 71.5 Å². The molecule has 0 saturated carbocycles. The van der Waals surface area contributed by atoms with Crippen molar-refractivity contribution < 1.29 is 22.8 Å². The van der Waals surface area contributed by atoms with Gasteiger partial charge in [-0.2, -0.15) is 13.2 Å². The van der Waals surface area contributed by atoms with E-state index in [1.165, 1.54) is 30.9 Å². The molecule has 2 aromatic carbocycles. The first-order chi connectivity index (χ1) is 15.6. The third kappa shape index (κ3) is 6.29. The number of hydrogen-bond donors (Lipinski definition) is 1. The van der Waals surface area contributed by atoms with Crippen molar-refractivity contribution in [1.29, 1.82) is 0 Å². The number of hydrogen-bond acceptors (Lipinski definition) is 4. The highest BCUT2D eigenvalue weighted by atomic mass is 35.5. The van der Waals surface area contributed by atoms with E-state index in [2.05, 4.69) is 10.3 Å². The van der Waals surface area contributed by atoms with Crippen LogP contribution < -0.4 is 5.32 Å². The van der Waals surface area contributed by atoms with Crippen LogP contribution in [0.4, 0.5) is 18.9 Å². The molecule has 1 N–H and O–H groups in total. The minimum absolute atomic E-state index is 0.359. The molecule has 3 rings (SSSR count). The molecule has 0 aliphatic rings. The normalized spacial score (nSPS) is 12.3. The quantitative estimate of drug-likeness (QED) is 0.461. The van der Waals surface area contributed by atoms with E-state index in [-0.39, 0.29) is 11.6 Å². The maximum Gasteiger partial charge on any atom is 0.418 e. The number of aromatic nitrogens is 2. The van der Waals surface area contributed by atoms with Crippen LogP contribution in [-0.4, -0.2) is 45.1 Å². The van der Waals surface area contributed by atoms with Gasteiger partial charge in [0.25, 0.3) is 0 Å². The first-order valence-electron chi connectivity index (χ1n) is 9.73. The number of nitrogens with one attached hydrogen (secondary N) is 1. The summed E-state index contributed by atoms with van der Waals surface area (Å²) < 4.78 is 41.1. The maximum atomic E-state index is 13.1. The summed E-state index contributed by atoms with van der Waals surface area (Å²) in [6.45, 7) is 1.26. The van der Waals surface area contributed by atoms with Gasteiger partial charge in [-0.25, -0.2) is 4.98 Å². The molecule has 1 heterocycles. The Morgan fingerprint density at radius 3 is 2.64 bits per heavy atom. The first-order valence-corrected chi connectivity index (χ1v) is 11.0. The van der Waals surface area contributed by atoms with Crippen LogP contribution in [-0.2, 0) is 15.8 Å². The topological polar surface area (TPSA) is 67.2 Å². The second-order valence-corrected chi connectivity index (χ2v) is 8.85. The molecular formula is C22H20ClF3N4O2S. The van der Waals surface area contributed by atoms with E-state index in [4.69, 9.17) is 11.6 Å². The highest BCUT2D eigenvalue weighted by molar-refractivity contribution is 8.00. The number of thioether (sulfide) groups is 1. The molecule has 0 aliphatic carbocycles. The molecule has 0 bridgehead atoms. The molecule has 6 nitrogen and oxygen atoms in total. The Hall–Kier alpha value is -2.98. The Balaban J connectivity index is 1.63. The van der Waals surface area contributed by atoms with Crippen molar-refractivity contribution in [2.24, 2.45) is 0 Å². The summed E-state index contributed by atoms with van der Waals surface area (Å²) in [5, 5.41) is 2.73. The summed E-state index contributed by atoms with van der Waals surface area (Å²) in [5.74, 6) is -1.11. The Morgan fingerprint density at radius 2 is 1.94 bits per heavy atom. The minimum atomic E-state index is -4.61. The van der Waals surface area contributed by atoms with Crippen molar-refractivity contribution in [3.63, 3.8) is 0 Å². The Labute approximate surface area is 197 Å². The van der Waals surface area contributed by atoms with Gasteiger partial charge in [0.05, 0.1) is 23.0 Å². The minimum Gasteiger partial charge on any atom is -0.335 e. The molecule has 1 atom stereocenters. The van der Waals surface area contributed by atoms with Gasteiger partial charge in [-0.3, -0.25) is 14.2 Å². The number of para-hydroxylation sites is 1. The molecule has 33 heavy (non-hydrogen) atoms. The number of imidazole rings is 1. The van der Waals surface area contributed by atoms with Crippen LogP contribution >= 0.6 is 23.4 Å². The number of carbonyl (C=O) groups is 2. The molecule has 174 valence electrons. The summed E-state index contributed by atoms with van der Waals surface area (Å²) in [7, 11) is 1.41. The van der Waals surface area contributed by atoms with Gasteiger partial charge >= 0.3 is 6.18 Å². The Bertz CT molecular complexity index is 1150. The maximum absolute atomic E-state index is 13.1. The van der Waals surface area contributed by atoms with Crippen molar-refractivity contribution >= 4 is 40.9 Å². The lowest BCUT2D eigenvalue weighted by Gasteiger charge is -2.21. The predicted molar refractivity (Wildman–Crippen MR) is 122 cm³/mol. The molecule has 3 aromatic rings. The van der Waals surface area contributed by atoms with E-state index >= 15 is 0 Å². The number of nitrogens with zero attached hydrogens (tertiary/aromatic N) is 3. The highest BCUT2D eigenvalue weighted by Gasteiger charge is 2.33. The highest BCUT2D eigenvalue weighted by Crippen LogP contribution is 2.34. The standard InChI is InChI=1S/C22H20ClF3N4O2S/c1-14(33-21-27-10-11-30(21)16-7-5-6-15(23)12-16)20(32)29(2)13-19(31)28-18-9-4-3-8-17(18)22(24,25)26/h3-12,14H,13H2,1-2H3,(H,28,31). The average molecular weight is 497 g/mol. The molecule has 0 radical (unpaired) electrons. The summed E-state index contributed by atoms with van der Waals surface area (Å²) in [4.78, 5) is 30.5. The summed E-state index contributed by atoms with van der Waals surface area (Å²) >= 11 is 7.24. The molecule has 11 heteroatoms. The third-order valence-corrected chi connectivity index (χ3v) is 5.89. The van der Waals surface area contributed by atoms with E-state index < -0.39 is 29.4 Å². The average Bonchev–Trinajstić information content (AvgIpc) is 3.20. The summed E-state index contributed by atoms with van der Waals surface area (Å²) in [5.41, 5.74) is -0.538. The number of halogens is 4. The van der Waals surface area contributed by atoms with Gasteiger partial charge < -0.3 is 10.2 Å². The van der Waals surface area contributed by atoms with Crippen LogP contribution in [0.25, 0.3) is 5.69 Å². The predicted octanol–water partition coefficient (Wildman–Crippen LogP) is 5.12. The van der Waals surface area contributed by atoms with E-state index in [9.17, 15) is 22.8 Å². The lowest BCUT2D eigenvalue weighted by molar-refractivity contribution is -0.137. The summed E-state index contributed by atoms with van der Waals surface area (Å²) in [6.07, 6.45) is -1.28. The molecule has 1 aromatic heterocycles. The van der Waals surface area contributed by atoms with Gasteiger partial charge in [0.15, 0.2) is 5.16 Å². The van der Waals surface area contributed by atoms with E-state index in [1.807, 2.05) is 6.07 Å². The number of amides is 2. The lowest BCUT2D eigenvalue weighted by Crippen LogP contribution is -2.39. The van der Waals surface area contributed by atoms with Crippen LogP contribution in [0, 0.1) is 0 Å². The number of likely N-dealkylation sites (N-methyl/N-ethyl adjacent to an activating group) is 1. The summed E-state index contributed by atoms with van der Waals surface area (Å²) in [6, 6.07) is 11.8. The fraction of sp³-hybridized carbons (Fsp3) is 0.227. The van der Waals surface area contributed by atoms with Gasteiger partial charge in [0, 0.05) is 30.2 Å². The van der Waals surface area contributed by atoms with Gasteiger partial charge in [0.1, 0.15) is 0 Å². The monoisotopic (exact) mass is 496 g/mol. The zero-order valence-electron chi connectivity index (χ0n) is 17.6. The largest absolute Gasteiger partial charge is 0.418 e. The van der Waals surface area contributed by atoms with Crippen LogP contribution in [0.3, 0.4) is 0 Å². The fourth-order valence-electron chi connectivity index (χ4n) is 3.04. The van der Waals surface area contributed by atoms with Gasteiger partial charge in [-0.05, 0) is 37.3 Å². The molecule has 0 aliphatic heterocycles. The SMILES string of the molecule is CC(Sc1nccn1-c1cccc(Cl)c1)C(=O)N(C)CC(=O)Nc1ccccc1C(F)(F)F. The van der Waals surface area contributed by atoms with Crippen LogP contribution in [0.5, 0.6) is 0 Å². The van der Waals surface area contributed by atoms with Gasteiger partial charge in [-0.15, -0.1) is 0 Å². The number of carbonyl (C=O) groups excluding carboxylic acids is 2. The van der Waals surface area contributed by atoms with Crippen molar-refractivity contribution in [2.45, 2.75) is 23.5 Å². The fourth-order valence-corrected chi connectivity index (χ4v) is 4.22. The number of alkyl halides is 3. The number of rotatable bonds is 7. The molecule has 2 amide bonds. The van der Waals surface area contributed by atoms with Crippen LogP contribution in [0.1, 0.15) is 12.5 Å². The zero-order chi connectivity index (χ0) is 24.2. The molecular weight excluding hydrogens is 477 g/mol. The van der Waals surface area contributed by atoms with Crippen LogP contribution in [0.15, 0.2) is 66.1 Å². The van der Waals surface area contributed by atoms with Crippen molar-refractivity contribution in [1.82, 2.24) is 14.5 Å². The first kappa shape index (κ1) is 24.7.